The lowest BCUT2D eigenvalue weighted by Crippen LogP contribution is -2.02. The van der Waals surface area contributed by atoms with Gasteiger partial charge in [0.2, 0.25) is 0 Å². The maximum Gasteiger partial charge on any atom is 0.0992 e. The molecule has 0 aliphatic rings. The highest BCUT2D eigenvalue weighted by Gasteiger charge is 2.11. The summed E-state index contributed by atoms with van der Waals surface area (Å²) in [7, 11) is 0. The van der Waals surface area contributed by atoms with Crippen LogP contribution >= 0.6 is 15.9 Å². The van der Waals surface area contributed by atoms with Crippen LogP contribution in [0.4, 0.5) is 0 Å². The van der Waals surface area contributed by atoms with Crippen LogP contribution in [0.5, 0.6) is 0 Å². The van der Waals surface area contributed by atoms with E-state index in [4.69, 9.17) is 5.26 Å². The molecule has 4 rings (SSSR count). The molecule has 4 nitrogen and oxygen atoms in total. The molecule has 4 aromatic rings. The smallest absolute Gasteiger partial charge is 0.0992 e. The van der Waals surface area contributed by atoms with Gasteiger partial charge in [0.1, 0.15) is 0 Å². The van der Waals surface area contributed by atoms with Gasteiger partial charge in [0.15, 0.2) is 0 Å². The van der Waals surface area contributed by atoms with Crippen molar-refractivity contribution >= 4 is 37.7 Å². The van der Waals surface area contributed by atoms with Gasteiger partial charge in [0, 0.05) is 33.2 Å². The number of H-pyrrole nitrogens is 1. The SMILES string of the molecule is Cc1cc(Br)c(Cn2cc3ccc(C#N)cc3n2)c2cc[nH]c12. The minimum absolute atomic E-state index is 0.632. The highest BCUT2D eigenvalue weighted by molar-refractivity contribution is 9.10. The summed E-state index contributed by atoms with van der Waals surface area (Å²) in [6.07, 6.45) is 3.98. The zero-order valence-corrected chi connectivity index (χ0v) is 14.1. The number of nitriles is 1. The summed E-state index contributed by atoms with van der Waals surface area (Å²) in [5, 5.41) is 15.9. The number of aromatic amines is 1. The Morgan fingerprint density at radius 3 is 3.00 bits per heavy atom. The van der Waals surface area contributed by atoms with Crippen molar-refractivity contribution in [2.24, 2.45) is 0 Å². The van der Waals surface area contributed by atoms with Gasteiger partial charge < -0.3 is 4.98 Å². The van der Waals surface area contributed by atoms with Gasteiger partial charge in [-0.3, -0.25) is 4.68 Å². The summed E-state index contributed by atoms with van der Waals surface area (Å²) in [6.45, 7) is 2.77. The molecular formula is C18H13BrN4. The summed E-state index contributed by atoms with van der Waals surface area (Å²) in [6, 6.07) is 12.0. The molecule has 0 saturated heterocycles. The Bertz CT molecular complexity index is 1080. The van der Waals surface area contributed by atoms with Crippen LogP contribution in [0, 0.1) is 18.3 Å². The van der Waals surface area contributed by atoms with E-state index in [9.17, 15) is 0 Å². The molecule has 112 valence electrons. The Hall–Kier alpha value is -2.58. The Balaban J connectivity index is 1.82. The predicted molar refractivity (Wildman–Crippen MR) is 94.3 cm³/mol. The third-order valence-electron chi connectivity index (χ3n) is 4.10. The molecule has 0 unspecified atom stereocenters. The summed E-state index contributed by atoms with van der Waals surface area (Å²) in [4.78, 5) is 3.30. The molecule has 5 heteroatoms. The van der Waals surface area contributed by atoms with E-state index in [1.807, 2.05) is 35.3 Å². The molecular weight excluding hydrogens is 352 g/mol. The highest BCUT2D eigenvalue weighted by atomic mass is 79.9. The first-order valence-electron chi connectivity index (χ1n) is 7.28. The number of benzene rings is 2. The third-order valence-corrected chi connectivity index (χ3v) is 4.81. The number of nitrogens with one attached hydrogen (secondary N) is 1. The average molecular weight is 365 g/mol. The van der Waals surface area contributed by atoms with Gasteiger partial charge in [0.05, 0.1) is 23.7 Å². The molecule has 1 N–H and O–H groups in total. The number of hydrogen-bond acceptors (Lipinski definition) is 2. The fourth-order valence-corrected chi connectivity index (χ4v) is 3.65. The number of rotatable bonds is 2. The van der Waals surface area contributed by atoms with E-state index in [1.54, 1.807) is 0 Å². The van der Waals surface area contributed by atoms with Crippen molar-refractivity contribution in [3.63, 3.8) is 0 Å². The first kappa shape index (κ1) is 14.0. The predicted octanol–water partition coefficient (Wildman–Crippen LogP) is 4.51. The number of halogens is 1. The van der Waals surface area contributed by atoms with Crippen molar-refractivity contribution in [3.05, 3.63) is 63.9 Å². The van der Waals surface area contributed by atoms with E-state index < -0.39 is 0 Å². The molecule has 0 radical (unpaired) electrons. The molecule has 0 spiro atoms. The van der Waals surface area contributed by atoms with Gasteiger partial charge in [-0.05, 0) is 48.4 Å². The topological polar surface area (TPSA) is 57.4 Å². The van der Waals surface area contributed by atoms with E-state index in [-0.39, 0.29) is 0 Å². The van der Waals surface area contributed by atoms with Gasteiger partial charge >= 0.3 is 0 Å². The van der Waals surface area contributed by atoms with E-state index in [0.717, 1.165) is 20.9 Å². The molecule has 2 aromatic heterocycles. The molecule has 0 aliphatic heterocycles. The summed E-state index contributed by atoms with van der Waals surface area (Å²) in [5.74, 6) is 0. The van der Waals surface area contributed by atoms with Crippen LogP contribution in [0.3, 0.4) is 0 Å². The fourth-order valence-electron chi connectivity index (χ4n) is 2.97. The highest BCUT2D eigenvalue weighted by Crippen LogP contribution is 2.30. The Labute approximate surface area is 141 Å². The minimum Gasteiger partial charge on any atom is -0.361 e. The molecule has 0 fully saturated rings. The van der Waals surface area contributed by atoms with Crippen molar-refractivity contribution in [1.29, 1.82) is 5.26 Å². The first-order chi connectivity index (χ1) is 11.2. The lowest BCUT2D eigenvalue weighted by Gasteiger charge is -2.09. The standard InChI is InChI=1S/C18H13BrN4/c1-11-6-16(19)15(14-4-5-21-18(11)14)10-23-9-13-3-2-12(8-20)7-17(13)22-23/h2-7,9,21H,10H2,1H3. The number of nitrogens with zero attached hydrogens (tertiary/aromatic N) is 3. The van der Waals surface area contributed by atoms with Crippen LogP contribution < -0.4 is 0 Å². The van der Waals surface area contributed by atoms with Crippen LogP contribution in [0.25, 0.3) is 21.8 Å². The van der Waals surface area contributed by atoms with Gasteiger partial charge in [-0.1, -0.05) is 15.9 Å². The van der Waals surface area contributed by atoms with Gasteiger partial charge in [-0.15, -0.1) is 0 Å². The van der Waals surface area contributed by atoms with E-state index in [1.165, 1.54) is 16.5 Å². The second-order valence-corrected chi connectivity index (χ2v) is 6.49. The van der Waals surface area contributed by atoms with Crippen LogP contribution in [0.1, 0.15) is 16.7 Å². The molecule has 0 atom stereocenters. The summed E-state index contributed by atoms with van der Waals surface area (Å²) >= 11 is 3.68. The van der Waals surface area contributed by atoms with E-state index in [0.29, 0.717) is 12.1 Å². The zero-order valence-electron chi connectivity index (χ0n) is 12.5. The molecule has 0 aliphatic carbocycles. The number of aryl methyl sites for hydroxylation is 1. The van der Waals surface area contributed by atoms with Crippen LogP contribution in [-0.2, 0) is 6.54 Å². The number of fused-ring (bicyclic) bond motifs is 2. The molecule has 0 saturated carbocycles. The van der Waals surface area contributed by atoms with Gasteiger partial charge in [-0.25, -0.2) is 0 Å². The second-order valence-electron chi connectivity index (χ2n) is 5.63. The fraction of sp³-hybridized carbons (Fsp3) is 0.111. The Morgan fingerprint density at radius 2 is 2.17 bits per heavy atom. The largest absolute Gasteiger partial charge is 0.361 e. The molecule has 0 amide bonds. The maximum absolute atomic E-state index is 9.00. The minimum atomic E-state index is 0.632. The number of aromatic nitrogens is 3. The summed E-state index contributed by atoms with van der Waals surface area (Å²) < 4.78 is 3.01. The molecule has 0 bridgehead atoms. The number of hydrogen-bond donors (Lipinski definition) is 1. The van der Waals surface area contributed by atoms with Crippen LogP contribution in [0.15, 0.2) is 47.2 Å². The second kappa shape index (κ2) is 5.25. The zero-order chi connectivity index (χ0) is 16.0. The monoisotopic (exact) mass is 364 g/mol. The van der Waals surface area contributed by atoms with Gasteiger partial charge in [0.25, 0.3) is 0 Å². The average Bonchev–Trinajstić information content (AvgIpc) is 3.17. The van der Waals surface area contributed by atoms with Crippen LogP contribution in [0.2, 0.25) is 0 Å². The maximum atomic E-state index is 9.00. The van der Waals surface area contributed by atoms with E-state index >= 15 is 0 Å². The van der Waals surface area contributed by atoms with Crippen molar-refractivity contribution < 1.29 is 0 Å². The van der Waals surface area contributed by atoms with E-state index in [2.05, 4.69) is 51.1 Å². The normalized spacial score (nSPS) is 11.2. The van der Waals surface area contributed by atoms with Gasteiger partial charge in [-0.2, -0.15) is 10.4 Å². The van der Waals surface area contributed by atoms with Crippen molar-refractivity contribution in [1.82, 2.24) is 14.8 Å². The van der Waals surface area contributed by atoms with Crippen LogP contribution in [-0.4, -0.2) is 14.8 Å². The van der Waals surface area contributed by atoms with Crippen molar-refractivity contribution in [2.45, 2.75) is 13.5 Å². The van der Waals surface area contributed by atoms with Crippen molar-refractivity contribution in [3.8, 4) is 6.07 Å². The van der Waals surface area contributed by atoms with Crippen molar-refractivity contribution in [2.75, 3.05) is 0 Å². The Kier molecular flexibility index (Phi) is 3.21. The molecule has 2 aromatic carbocycles. The quantitative estimate of drug-likeness (QED) is 0.568. The molecule has 2 heterocycles. The first-order valence-corrected chi connectivity index (χ1v) is 8.07. The Morgan fingerprint density at radius 1 is 1.30 bits per heavy atom. The lowest BCUT2D eigenvalue weighted by molar-refractivity contribution is 0.697. The molecule has 23 heavy (non-hydrogen) atoms. The third kappa shape index (κ3) is 2.32. The lowest BCUT2D eigenvalue weighted by atomic mass is 10.1. The summed E-state index contributed by atoms with van der Waals surface area (Å²) in [5.41, 5.74) is 5.04.